The van der Waals surface area contributed by atoms with Crippen LogP contribution in [-0.2, 0) is 64.0 Å². The van der Waals surface area contributed by atoms with Crippen molar-refractivity contribution in [2.45, 2.75) is 88.0 Å². The van der Waals surface area contributed by atoms with Crippen LogP contribution in [0.25, 0.3) is 11.4 Å². The number of hydrogen-bond acceptors (Lipinski definition) is 14. The highest BCUT2D eigenvalue weighted by atomic mass is 79.9. The number of carbonyl (C=O) groups excluding carboxylic acids is 8. The number of nitrogens with two attached hydrogens (primary N) is 1. The highest BCUT2D eigenvalue weighted by Crippen LogP contribution is 2.28. The average Bonchev–Trinajstić information content (AvgIpc) is 3.71. The van der Waals surface area contributed by atoms with E-state index in [1.165, 1.54) is 11.1 Å². The highest BCUT2D eigenvalue weighted by Gasteiger charge is 2.12. The molecule has 0 bridgehead atoms. The molecule has 65 heavy (non-hydrogen) atoms. The van der Waals surface area contributed by atoms with Gasteiger partial charge in [-0.1, -0.05) is 125 Å². The van der Waals surface area contributed by atoms with Gasteiger partial charge in [-0.05, 0) is 122 Å². The first-order chi connectivity index (χ1) is 30.7. The van der Waals surface area contributed by atoms with Gasteiger partial charge in [0.05, 0.1) is 11.6 Å². The fourth-order valence-electron chi connectivity index (χ4n) is 5.12. The molecule has 5 rings (SSSR count). The van der Waals surface area contributed by atoms with Crippen molar-refractivity contribution in [1.82, 2.24) is 10.1 Å². The van der Waals surface area contributed by atoms with Crippen molar-refractivity contribution >= 4 is 92.8 Å². The molecule has 0 aliphatic rings. The van der Waals surface area contributed by atoms with E-state index in [1.807, 2.05) is 58.9 Å². The minimum absolute atomic E-state index is 0.0899. The maximum absolute atomic E-state index is 8.70. The summed E-state index contributed by atoms with van der Waals surface area (Å²) in [6, 6.07) is 17.5. The topological polar surface area (TPSA) is 258 Å². The number of oxime groups is 1. The molecule has 0 aliphatic carbocycles. The summed E-state index contributed by atoms with van der Waals surface area (Å²) in [4.78, 5) is 69.2. The van der Waals surface area contributed by atoms with Crippen LogP contribution < -0.4 is 5.73 Å². The molecule has 0 atom stereocenters. The highest BCUT2D eigenvalue weighted by molar-refractivity contribution is 9.10. The minimum Gasteiger partial charge on any atom is -0.409 e. The van der Waals surface area contributed by atoms with Gasteiger partial charge in [0.15, 0.2) is 5.84 Å². The molecule has 0 fully saturated rings. The molecule has 0 unspecified atom stereocenters. The van der Waals surface area contributed by atoms with Crippen LogP contribution in [0.15, 0.2) is 62.7 Å². The molecule has 3 N–H and O–H groups in total. The van der Waals surface area contributed by atoms with Gasteiger partial charge in [0, 0.05) is 42.6 Å². The van der Waals surface area contributed by atoms with Crippen LogP contribution in [0.2, 0.25) is 20.1 Å². The smallest absolute Gasteiger partial charge is 0.373 e. The Morgan fingerprint density at radius 2 is 1.00 bits per heavy atom. The van der Waals surface area contributed by atoms with E-state index in [0.29, 0.717) is 32.9 Å². The first-order valence-corrected chi connectivity index (χ1v) is 21.0. The molecular formula is C45H46BrCl4N5O10. The van der Waals surface area contributed by atoms with Gasteiger partial charge >= 0.3 is 24.6 Å². The molecule has 0 aliphatic heterocycles. The van der Waals surface area contributed by atoms with Crippen molar-refractivity contribution in [2.24, 2.45) is 10.9 Å². The van der Waals surface area contributed by atoms with Gasteiger partial charge in [0.1, 0.15) is 0 Å². The molecule has 1 heterocycles. The maximum Gasteiger partial charge on any atom is 0.373 e. The Labute approximate surface area is 405 Å². The van der Waals surface area contributed by atoms with Crippen molar-refractivity contribution in [2.75, 3.05) is 0 Å². The van der Waals surface area contributed by atoms with Crippen molar-refractivity contribution in [3.63, 3.8) is 0 Å². The van der Waals surface area contributed by atoms with Gasteiger partial charge in [-0.3, -0.25) is 0 Å². The van der Waals surface area contributed by atoms with E-state index in [9.17, 15) is 0 Å². The lowest BCUT2D eigenvalue weighted by molar-refractivity contribution is -0.193. The number of aryl methyl sites for hydroxylation is 9. The van der Waals surface area contributed by atoms with Gasteiger partial charge in [-0.25, -0.2) is 0 Å². The monoisotopic (exact) mass is 1040 g/mol. The van der Waals surface area contributed by atoms with Gasteiger partial charge in [0.2, 0.25) is 11.7 Å². The largest absolute Gasteiger partial charge is 0.409 e. The number of aromatic nitrogens is 2. The number of nitriles is 1. The summed E-state index contributed by atoms with van der Waals surface area (Å²) in [7, 11) is 0. The summed E-state index contributed by atoms with van der Waals surface area (Å²) < 4.78 is 6.05. The van der Waals surface area contributed by atoms with Crippen LogP contribution in [0.4, 0.5) is 0 Å². The van der Waals surface area contributed by atoms with Crippen LogP contribution >= 0.6 is 62.3 Å². The maximum atomic E-state index is 8.70. The molecule has 20 heteroatoms. The van der Waals surface area contributed by atoms with Crippen LogP contribution in [0, 0.1) is 45.9 Å². The second kappa shape index (κ2) is 36.3. The van der Waals surface area contributed by atoms with Gasteiger partial charge in [-0.15, -0.1) is 0 Å². The predicted octanol–water partition coefficient (Wildman–Crippen LogP) is 10.6. The number of halogens is 5. The summed E-state index contributed by atoms with van der Waals surface area (Å²) in [5, 5.41) is 27.1. The molecule has 0 radical (unpaired) electrons. The van der Waals surface area contributed by atoms with E-state index in [-0.39, 0.29) is 30.4 Å². The zero-order valence-corrected chi connectivity index (χ0v) is 41.4. The standard InChI is InChI=1S/C12H13ClN2O.C10H13ClN2O.C10H10ClN.C9H10BrCl.4CO2/c1-4-9-5-7(2)10(6-11(9)13)12-14-8(3)16-15-12;1-3-7-4-6(2)8(5-9(7)11)10(12)13-14;1-3-8-4-7(2)9(6-12)5-10(8)11;1-3-7-4-6(2)8(10)5-9(7)11;4*2-1-3/h5-6H,4H2,1-3H3;4-5,14H,3H2,1-2H3,(H2,12,13);4-5H,3H2,1-2H3;4-5H,3H2,1-2H3;;;;. The Bertz CT molecular complexity index is 2450. The molecule has 5 aromatic rings. The number of benzene rings is 4. The lowest BCUT2D eigenvalue weighted by Crippen LogP contribution is -2.14. The molecule has 0 saturated carbocycles. The number of rotatable bonds is 6. The lowest BCUT2D eigenvalue weighted by Gasteiger charge is -2.08. The van der Waals surface area contributed by atoms with Crippen LogP contribution in [0.5, 0.6) is 0 Å². The fourth-order valence-corrected chi connectivity index (χ4v) is 6.79. The summed E-state index contributed by atoms with van der Waals surface area (Å²) >= 11 is 27.5. The Balaban J connectivity index is -0.000000732. The van der Waals surface area contributed by atoms with Gasteiger partial charge < -0.3 is 15.5 Å². The fraction of sp³-hybridized carbons (Fsp3) is 0.289. The van der Waals surface area contributed by atoms with Crippen molar-refractivity contribution in [3.05, 3.63) is 135 Å². The van der Waals surface area contributed by atoms with Gasteiger partial charge in [-0.2, -0.15) is 48.6 Å². The molecule has 1 aromatic heterocycles. The predicted molar refractivity (Wildman–Crippen MR) is 245 cm³/mol. The molecule has 0 saturated heterocycles. The Morgan fingerprint density at radius 1 is 0.631 bits per heavy atom. The number of hydrogen-bond donors (Lipinski definition) is 2. The zero-order valence-electron chi connectivity index (χ0n) is 36.8. The zero-order chi connectivity index (χ0) is 50.8. The Kier molecular flexibility index (Phi) is 35.3. The Hall–Kier alpha value is -6.06. The van der Waals surface area contributed by atoms with E-state index in [1.54, 1.807) is 19.1 Å². The van der Waals surface area contributed by atoms with E-state index in [0.717, 1.165) is 79.1 Å². The summed E-state index contributed by atoms with van der Waals surface area (Å²) in [5.41, 5.74) is 16.6. The third kappa shape index (κ3) is 24.0. The second-order valence-electron chi connectivity index (χ2n) is 12.5. The van der Waals surface area contributed by atoms with Crippen molar-refractivity contribution < 1.29 is 48.1 Å². The number of nitrogens with zero attached hydrogens (tertiary/aromatic N) is 4. The minimum atomic E-state index is 0.0899. The van der Waals surface area contributed by atoms with E-state index < -0.39 is 0 Å². The number of amidine groups is 1. The quantitative estimate of drug-likeness (QED) is 0.0694. The summed E-state index contributed by atoms with van der Waals surface area (Å²) in [6.45, 7) is 18.0. The van der Waals surface area contributed by atoms with E-state index >= 15 is 0 Å². The summed E-state index contributed by atoms with van der Waals surface area (Å²) in [6.07, 6.45) is 4.69. The van der Waals surface area contributed by atoms with E-state index in [2.05, 4.69) is 70.2 Å². The van der Waals surface area contributed by atoms with Crippen molar-refractivity contribution in [1.29, 1.82) is 5.26 Å². The molecular weight excluding hydrogens is 992 g/mol. The second-order valence-corrected chi connectivity index (χ2v) is 14.9. The van der Waals surface area contributed by atoms with Crippen LogP contribution in [0.1, 0.15) is 89.2 Å². The normalized spacial score (nSPS) is 9.15. The lowest BCUT2D eigenvalue weighted by atomic mass is 10.0. The van der Waals surface area contributed by atoms with Crippen molar-refractivity contribution in [3.8, 4) is 17.5 Å². The average molecular weight is 1040 g/mol. The van der Waals surface area contributed by atoms with Crippen LogP contribution in [0.3, 0.4) is 0 Å². The first-order valence-electron chi connectivity index (χ1n) is 18.7. The molecule has 0 amide bonds. The Morgan fingerprint density at radius 3 is 1.38 bits per heavy atom. The molecule has 346 valence electrons. The third-order valence-corrected chi connectivity index (χ3v) is 10.6. The molecule has 4 aromatic carbocycles. The molecule has 15 nitrogen and oxygen atoms in total. The third-order valence-electron chi connectivity index (χ3n) is 8.30. The SMILES string of the molecule is CCc1cc(C)c(-c2noc(C)n2)cc1Cl.CCc1cc(C)c(Br)cc1Cl.CCc1cc(C)c(C#N)cc1Cl.CCc1cc(C)c(C(N)=NO)cc1Cl.O=C=O.O=C=O.O=C=O.O=C=O. The van der Waals surface area contributed by atoms with Crippen LogP contribution in [-0.4, -0.2) is 45.8 Å². The van der Waals surface area contributed by atoms with Gasteiger partial charge in [0.25, 0.3) is 0 Å². The summed E-state index contributed by atoms with van der Waals surface area (Å²) in [5.74, 6) is 1.25. The molecule has 0 spiro atoms. The van der Waals surface area contributed by atoms with E-state index in [4.69, 9.17) is 105 Å². The first kappa shape index (κ1) is 63.2.